The predicted molar refractivity (Wildman–Crippen MR) is 113 cm³/mol. The van der Waals surface area contributed by atoms with Gasteiger partial charge in [0, 0.05) is 5.02 Å². The lowest BCUT2D eigenvalue weighted by Gasteiger charge is -2.12. The van der Waals surface area contributed by atoms with E-state index in [0.29, 0.717) is 27.9 Å². The molecular formula is C22H17ClN4O3. The van der Waals surface area contributed by atoms with E-state index in [1.165, 1.54) is 17.3 Å². The number of aromatic nitrogens is 3. The molecule has 0 saturated heterocycles. The van der Waals surface area contributed by atoms with E-state index in [2.05, 4.69) is 15.4 Å². The fourth-order valence-corrected chi connectivity index (χ4v) is 2.88. The fourth-order valence-electron chi connectivity index (χ4n) is 2.70. The minimum atomic E-state index is -0.330. The van der Waals surface area contributed by atoms with Crippen molar-refractivity contribution in [3.05, 3.63) is 90.5 Å². The molecule has 0 saturated carbocycles. The van der Waals surface area contributed by atoms with Crippen LogP contribution >= 0.6 is 11.6 Å². The Hall–Kier alpha value is -3.84. The maximum atomic E-state index is 12.4. The average Bonchev–Trinajstić information content (AvgIpc) is 3.29. The van der Waals surface area contributed by atoms with Crippen LogP contribution in [0.3, 0.4) is 0 Å². The first kappa shape index (κ1) is 19.5. The standard InChI is InChI=1S/C22H17ClN4O3/c23-16-6-11-21(27-15-24-14-25-27)20(12-16)26-22(28)13-29-17-7-9-19(10-8-17)30-18-4-2-1-3-5-18/h1-12,14-15H,13H2,(H,26,28). The number of carbonyl (C=O) groups is 1. The first-order valence-electron chi connectivity index (χ1n) is 9.07. The molecule has 0 atom stereocenters. The molecule has 1 amide bonds. The highest BCUT2D eigenvalue weighted by atomic mass is 35.5. The average molecular weight is 421 g/mol. The predicted octanol–water partition coefficient (Wildman–Crippen LogP) is 4.73. The molecule has 150 valence electrons. The lowest BCUT2D eigenvalue weighted by atomic mass is 10.2. The number of rotatable bonds is 7. The molecule has 0 aliphatic rings. The van der Waals surface area contributed by atoms with Crippen LogP contribution in [0.25, 0.3) is 5.69 Å². The topological polar surface area (TPSA) is 78.3 Å². The number of para-hydroxylation sites is 1. The summed E-state index contributed by atoms with van der Waals surface area (Å²) in [7, 11) is 0. The van der Waals surface area contributed by atoms with E-state index in [9.17, 15) is 4.79 Å². The maximum absolute atomic E-state index is 12.4. The van der Waals surface area contributed by atoms with Gasteiger partial charge in [-0.2, -0.15) is 5.10 Å². The SMILES string of the molecule is O=C(COc1ccc(Oc2ccccc2)cc1)Nc1cc(Cl)ccc1-n1cncn1. The number of ether oxygens (including phenoxy) is 2. The molecule has 4 rings (SSSR count). The van der Waals surface area contributed by atoms with Crippen LogP contribution in [-0.4, -0.2) is 27.3 Å². The molecule has 1 N–H and O–H groups in total. The van der Waals surface area contributed by atoms with Gasteiger partial charge in [0.05, 0.1) is 11.4 Å². The molecule has 0 aliphatic heterocycles. The van der Waals surface area contributed by atoms with Gasteiger partial charge < -0.3 is 14.8 Å². The number of halogens is 1. The van der Waals surface area contributed by atoms with Crippen LogP contribution in [0.15, 0.2) is 85.5 Å². The normalized spacial score (nSPS) is 10.4. The zero-order valence-electron chi connectivity index (χ0n) is 15.7. The second kappa shape index (κ2) is 9.11. The van der Waals surface area contributed by atoms with Crippen LogP contribution in [0.1, 0.15) is 0 Å². The Morgan fingerprint density at radius 2 is 1.70 bits per heavy atom. The number of anilines is 1. The summed E-state index contributed by atoms with van der Waals surface area (Å²) in [6.07, 6.45) is 2.95. The van der Waals surface area contributed by atoms with Gasteiger partial charge in [-0.05, 0) is 54.6 Å². The molecule has 0 bridgehead atoms. The van der Waals surface area contributed by atoms with Crippen LogP contribution in [0.5, 0.6) is 17.2 Å². The van der Waals surface area contributed by atoms with Gasteiger partial charge in [-0.15, -0.1) is 0 Å². The summed E-state index contributed by atoms with van der Waals surface area (Å²) in [5.41, 5.74) is 1.15. The molecule has 1 heterocycles. The minimum absolute atomic E-state index is 0.164. The summed E-state index contributed by atoms with van der Waals surface area (Å²) in [4.78, 5) is 16.3. The lowest BCUT2D eigenvalue weighted by molar-refractivity contribution is -0.118. The fraction of sp³-hybridized carbons (Fsp3) is 0.0455. The number of benzene rings is 3. The molecule has 7 nitrogen and oxygen atoms in total. The highest BCUT2D eigenvalue weighted by Gasteiger charge is 2.11. The van der Waals surface area contributed by atoms with Crippen LogP contribution in [0, 0.1) is 0 Å². The van der Waals surface area contributed by atoms with Gasteiger partial charge in [0.15, 0.2) is 6.61 Å². The molecule has 3 aromatic carbocycles. The smallest absolute Gasteiger partial charge is 0.262 e. The summed E-state index contributed by atoms with van der Waals surface area (Å²) < 4.78 is 12.8. The molecular weight excluding hydrogens is 404 g/mol. The number of amides is 1. The quantitative estimate of drug-likeness (QED) is 0.467. The molecule has 0 unspecified atom stereocenters. The summed E-state index contributed by atoms with van der Waals surface area (Å²) in [5.74, 6) is 1.64. The molecule has 0 aliphatic carbocycles. The van der Waals surface area contributed by atoms with E-state index in [1.807, 2.05) is 30.3 Å². The Morgan fingerprint density at radius 3 is 2.43 bits per heavy atom. The van der Waals surface area contributed by atoms with E-state index >= 15 is 0 Å². The van der Waals surface area contributed by atoms with Crippen molar-refractivity contribution in [3.8, 4) is 22.9 Å². The Labute approximate surface area is 177 Å². The molecule has 1 aromatic heterocycles. The van der Waals surface area contributed by atoms with Crippen molar-refractivity contribution in [1.29, 1.82) is 0 Å². The van der Waals surface area contributed by atoms with Crippen molar-refractivity contribution in [1.82, 2.24) is 14.8 Å². The van der Waals surface area contributed by atoms with Gasteiger partial charge in [0.1, 0.15) is 29.9 Å². The first-order chi connectivity index (χ1) is 14.7. The first-order valence-corrected chi connectivity index (χ1v) is 9.45. The van der Waals surface area contributed by atoms with Crippen molar-refractivity contribution in [2.75, 3.05) is 11.9 Å². The van der Waals surface area contributed by atoms with E-state index in [4.69, 9.17) is 21.1 Å². The monoisotopic (exact) mass is 420 g/mol. The van der Waals surface area contributed by atoms with Crippen molar-refractivity contribution >= 4 is 23.2 Å². The number of nitrogens with one attached hydrogen (secondary N) is 1. The van der Waals surface area contributed by atoms with E-state index in [-0.39, 0.29) is 12.5 Å². The summed E-state index contributed by atoms with van der Waals surface area (Å²) in [6.45, 7) is -0.164. The third kappa shape index (κ3) is 4.95. The molecule has 8 heteroatoms. The van der Waals surface area contributed by atoms with Gasteiger partial charge in [0.25, 0.3) is 5.91 Å². The number of hydrogen-bond acceptors (Lipinski definition) is 5. The van der Waals surface area contributed by atoms with Crippen LogP contribution in [0.4, 0.5) is 5.69 Å². The van der Waals surface area contributed by atoms with E-state index in [0.717, 1.165) is 5.75 Å². The van der Waals surface area contributed by atoms with Gasteiger partial charge in [-0.1, -0.05) is 29.8 Å². The zero-order valence-corrected chi connectivity index (χ0v) is 16.5. The largest absolute Gasteiger partial charge is 0.484 e. The van der Waals surface area contributed by atoms with Gasteiger partial charge >= 0.3 is 0 Å². The minimum Gasteiger partial charge on any atom is -0.484 e. The molecule has 0 fully saturated rings. The third-order valence-electron chi connectivity index (χ3n) is 4.07. The van der Waals surface area contributed by atoms with Crippen molar-refractivity contribution < 1.29 is 14.3 Å². The third-order valence-corrected chi connectivity index (χ3v) is 4.31. The maximum Gasteiger partial charge on any atom is 0.262 e. The zero-order chi connectivity index (χ0) is 20.8. The lowest BCUT2D eigenvalue weighted by Crippen LogP contribution is -2.21. The van der Waals surface area contributed by atoms with Gasteiger partial charge in [-0.3, -0.25) is 4.79 Å². The van der Waals surface area contributed by atoms with E-state index < -0.39 is 0 Å². The molecule has 0 spiro atoms. The Kier molecular flexibility index (Phi) is 5.91. The second-order valence-electron chi connectivity index (χ2n) is 6.22. The molecule has 0 radical (unpaired) electrons. The van der Waals surface area contributed by atoms with E-state index in [1.54, 1.807) is 42.5 Å². The Balaban J connectivity index is 1.36. The van der Waals surface area contributed by atoms with Crippen LogP contribution in [-0.2, 0) is 4.79 Å². The Bertz CT molecular complexity index is 1120. The number of hydrogen-bond donors (Lipinski definition) is 1. The van der Waals surface area contributed by atoms with Gasteiger partial charge in [0.2, 0.25) is 0 Å². The van der Waals surface area contributed by atoms with Crippen LogP contribution < -0.4 is 14.8 Å². The molecule has 30 heavy (non-hydrogen) atoms. The van der Waals surface area contributed by atoms with Gasteiger partial charge in [-0.25, -0.2) is 9.67 Å². The Morgan fingerprint density at radius 1 is 0.967 bits per heavy atom. The van der Waals surface area contributed by atoms with Crippen molar-refractivity contribution in [2.45, 2.75) is 0 Å². The number of carbonyl (C=O) groups excluding carboxylic acids is 1. The summed E-state index contributed by atoms with van der Waals surface area (Å²) >= 11 is 6.07. The van der Waals surface area contributed by atoms with Crippen LogP contribution in [0.2, 0.25) is 5.02 Å². The summed E-state index contributed by atoms with van der Waals surface area (Å²) in [6, 6.07) is 21.6. The number of nitrogens with zero attached hydrogens (tertiary/aromatic N) is 3. The van der Waals surface area contributed by atoms with Crippen molar-refractivity contribution in [2.24, 2.45) is 0 Å². The summed E-state index contributed by atoms with van der Waals surface area (Å²) in [5, 5.41) is 7.37. The highest BCUT2D eigenvalue weighted by Crippen LogP contribution is 2.25. The highest BCUT2D eigenvalue weighted by molar-refractivity contribution is 6.31. The molecule has 4 aromatic rings. The second-order valence-corrected chi connectivity index (χ2v) is 6.66. The van der Waals surface area contributed by atoms with Crippen molar-refractivity contribution in [3.63, 3.8) is 0 Å².